The molecule has 0 fully saturated rings. The van der Waals surface area contributed by atoms with Gasteiger partial charge in [0.1, 0.15) is 0 Å². The Morgan fingerprint density at radius 2 is 2.12 bits per heavy atom. The van der Waals surface area contributed by atoms with Gasteiger partial charge in [0.05, 0.1) is 5.01 Å². The van der Waals surface area contributed by atoms with Crippen molar-refractivity contribution in [2.24, 2.45) is 10.7 Å². The second-order valence-corrected chi connectivity index (χ2v) is 6.49. The van der Waals surface area contributed by atoms with Crippen LogP contribution in [0.4, 0.5) is 18.9 Å². The van der Waals surface area contributed by atoms with Gasteiger partial charge >= 0.3 is 6.18 Å². The third-order valence-electron chi connectivity index (χ3n) is 3.28. The van der Waals surface area contributed by atoms with Crippen molar-refractivity contribution in [1.29, 1.82) is 0 Å². The highest BCUT2D eigenvalue weighted by Crippen LogP contribution is 2.30. The molecular formula is C16H19F3N4S. The third kappa shape index (κ3) is 5.23. The number of alkyl halides is 3. The van der Waals surface area contributed by atoms with E-state index in [-0.39, 0.29) is 12.5 Å². The van der Waals surface area contributed by atoms with Gasteiger partial charge in [-0.3, -0.25) is 4.99 Å². The maximum Gasteiger partial charge on any atom is 0.434 e. The normalized spacial score (nSPS) is 12.7. The quantitative estimate of drug-likeness (QED) is 0.622. The van der Waals surface area contributed by atoms with Crippen LogP contribution in [-0.4, -0.2) is 17.5 Å². The van der Waals surface area contributed by atoms with Crippen LogP contribution < -0.4 is 11.1 Å². The number of rotatable bonds is 5. The van der Waals surface area contributed by atoms with Crippen LogP contribution in [0.2, 0.25) is 0 Å². The lowest BCUT2D eigenvalue weighted by molar-refractivity contribution is -0.140. The molecule has 130 valence electrons. The van der Waals surface area contributed by atoms with Gasteiger partial charge in [-0.05, 0) is 23.6 Å². The first-order chi connectivity index (χ1) is 11.3. The van der Waals surface area contributed by atoms with Crippen LogP contribution in [-0.2, 0) is 12.6 Å². The molecule has 0 amide bonds. The van der Waals surface area contributed by atoms with Gasteiger partial charge in [-0.15, -0.1) is 11.3 Å². The van der Waals surface area contributed by atoms with Crippen molar-refractivity contribution in [3.8, 4) is 0 Å². The first-order valence-electron chi connectivity index (χ1n) is 7.44. The Kier molecular flexibility index (Phi) is 5.82. The van der Waals surface area contributed by atoms with Crippen LogP contribution >= 0.6 is 11.3 Å². The van der Waals surface area contributed by atoms with Gasteiger partial charge in [-0.2, -0.15) is 13.2 Å². The largest absolute Gasteiger partial charge is 0.434 e. The lowest BCUT2D eigenvalue weighted by Gasteiger charge is -2.09. The van der Waals surface area contributed by atoms with Crippen molar-refractivity contribution in [3.05, 3.63) is 45.9 Å². The fraction of sp³-hybridized carbons (Fsp3) is 0.375. The van der Waals surface area contributed by atoms with Crippen molar-refractivity contribution in [2.45, 2.75) is 32.4 Å². The summed E-state index contributed by atoms with van der Waals surface area (Å²) in [5.74, 6) is 0.626. The molecule has 0 aliphatic carbocycles. The van der Waals surface area contributed by atoms with Gasteiger partial charge in [0.2, 0.25) is 0 Å². The summed E-state index contributed by atoms with van der Waals surface area (Å²) in [6, 6.07) is 7.83. The van der Waals surface area contributed by atoms with E-state index in [1.54, 1.807) is 0 Å². The van der Waals surface area contributed by atoms with Gasteiger partial charge in [0.15, 0.2) is 11.7 Å². The molecule has 3 N–H and O–H groups in total. The zero-order valence-electron chi connectivity index (χ0n) is 13.4. The number of halogens is 3. The highest BCUT2D eigenvalue weighted by atomic mass is 32.1. The van der Waals surface area contributed by atoms with Crippen molar-refractivity contribution in [3.63, 3.8) is 0 Å². The number of nitrogens with two attached hydrogens (primary N) is 1. The molecule has 24 heavy (non-hydrogen) atoms. The van der Waals surface area contributed by atoms with E-state index in [4.69, 9.17) is 5.73 Å². The molecule has 0 spiro atoms. The molecule has 0 aliphatic rings. The number of hydrogen-bond donors (Lipinski definition) is 2. The van der Waals surface area contributed by atoms with E-state index in [1.165, 1.54) is 5.56 Å². The predicted octanol–water partition coefficient (Wildman–Crippen LogP) is 4.25. The molecule has 1 aromatic heterocycles. The first kappa shape index (κ1) is 18.3. The van der Waals surface area contributed by atoms with Crippen LogP contribution in [0.25, 0.3) is 0 Å². The van der Waals surface area contributed by atoms with Gasteiger partial charge < -0.3 is 11.1 Å². The first-order valence-corrected chi connectivity index (χ1v) is 8.32. The SMILES string of the molecule is CC(C)c1cccc(NC(N)=NCCc2nc(C(F)(F)F)cs2)c1. The minimum absolute atomic E-state index is 0.225. The van der Waals surface area contributed by atoms with Crippen LogP contribution in [0.1, 0.15) is 36.0 Å². The Morgan fingerprint density at radius 3 is 2.75 bits per heavy atom. The van der Waals surface area contributed by atoms with E-state index >= 15 is 0 Å². The summed E-state index contributed by atoms with van der Waals surface area (Å²) in [6.45, 7) is 4.47. The highest BCUT2D eigenvalue weighted by molar-refractivity contribution is 7.09. The molecule has 2 aromatic rings. The predicted molar refractivity (Wildman–Crippen MR) is 91.5 cm³/mol. The highest BCUT2D eigenvalue weighted by Gasteiger charge is 2.33. The fourth-order valence-electron chi connectivity index (χ4n) is 1.99. The maximum absolute atomic E-state index is 12.5. The summed E-state index contributed by atoms with van der Waals surface area (Å²) in [6.07, 6.45) is -4.09. The second-order valence-electron chi connectivity index (χ2n) is 5.55. The third-order valence-corrected chi connectivity index (χ3v) is 4.18. The number of anilines is 1. The molecule has 4 nitrogen and oxygen atoms in total. The van der Waals surface area contributed by atoms with Crippen molar-refractivity contribution in [2.75, 3.05) is 11.9 Å². The number of guanidine groups is 1. The Labute approximate surface area is 142 Å². The Balaban J connectivity index is 1.90. The van der Waals surface area contributed by atoms with Crippen LogP contribution in [0, 0.1) is 0 Å². The van der Waals surface area contributed by atoms with Crippen molar-refractivity contribution in [1.82, 2.24) is 4.98 Å². The summed E-state index contributed by atoms with van der Waals surface area (Å²) in [5.41, 5.74) is 6.96. The average Bonchev–Trinajstić information content (AvgIpc) is 2.96. The molecule has 2 rings (SSSR count). The monoisotopic (exact) mass is 356 g/mol. The van der Waals surface area contributed by atoms with Crippen molar-refractivity contribution < 1.29 is 13.2 Å². The number of benzene rings is 1. The van der Waals surface area contributed by atoms with Gasteiger partial charge in [0.25, 0.3) is 0 Å². The van der Waals surface area contributed by atoms with Gasteiger partial charge in [-0.1, -0.05) is 26.0 Å². The molecular weight excluding hydrogens is 337 g/mol. The summed E-state index contributed by atoms with van der Waals surface area (Å²) in [7, 11) is 0. The zero-order chi connectivity index (χ0) is 17.7. The van der Waals surface area contributed by atoms with Gasteiger partial charge in [0, 0.05) is 24.0 Å². The number of nitrogens with zero attached hydrogens (tertiary/aromatic N) is 2. The van der Waals surface area contributed by atoms with E-state index in [0.29, 0.717) is 17.3 Å². The summed E-state index contributed by atoms with van der Waals surface area (Å²) in [4.78, 5) is 7.69. The van der Waals surface area contributed by atoms with Crippen molar-refractivity contribution >= 4 is 23.0 Å². The number of nitrogens with one attached hydrogen (secondary N) is 1. The molecule has 0 aliphatic heterocycles. The minimum Gasteiger partial charge on any atom is -0.370 e. The van der Waals surface area contributed by atoms with E-state index in [9.17, 15) is 13.2 Å². The van der Waals surface area contributed by atoms with E-state index in [0.717, 1.165) is 22.4 Å². The molecule has 0 bridgehead atoms. The Hall–Kier alpha value is -2.09. The zero-order valence-corrected chi connectivity index (χ0v) is 14.2. The molecule has 0 unspecified atom stereocenters. The van der Waals surface area contributed by atoms with E-state index in [1.807, 2.05) is 24.3 Å². The molecule has 8 heteroatoms. The number of thiazole rings is 1. The number of aromatic nitrogens is 1. The summed E-state index contributed by atoms with van der Waals surface area (Å²) < 4.78 is 37.4. The molecule has 1 heterocycles. The molecule has 0 saturated heterocycles. The lowest BCUT2D eigenvalue weighted by atomic mass is 10.0. The van der Waals surface area contributed by atoms with Crippen LogP contribution in [0.3, 0.4) is 0 Å². The van der Waals surface area contributed by atoms with Gasteiger partial charge in [-0.25, -0.2) is 4.98 Å². The minimum atomic E-state index is -4.40. The standard InChI is InChI=1S/C16H19F3N4S/c1-10(2)11-4-3-5-12(8-11)22-15(20)21-7-6-14-23-13(9-24-14)16(17,18)19/h3-5,8-10H,6-7H2,1-2H3,(H3,20,21,22). The molecule has 1 aromatic carbocycles. The Bertz CT molecular complexity index is 707. The second kappa shape index (κ2) is 7.65. The smallest absolute Gasteiger partial charge is 0.370 e. The lowest BCUT2D eigenvalue weighted by Crippen LogP contribution is -2.23. The summed E-state index contributed by atoms with van der Waals surface area (Å²) >= 11 is 0.976. The van der Waals surface area contributed by atoms with E-state index in [2.05, 4.69) is 29.1 Å². The topological polar surface area (TPSA) is 63.3 Å². The maximum atomic E-state index is 12.5. The molecule has 0 atom stereocenters. The van der Waals surface area contributed by atoms with E-state index < -0.39 is 11.9 Å². The molecule has 0 radical (unpaired) electrons. The molecule has 0 saturated carbocycles. The number of aliphatic imine (C=N–C) groups is 1. The number of hydrogen-bond acceptors (Lipinski definition) is 3. The van der Waals surface area contributed by atoms with Crippen LogP contribution in [0.15, 0.2) is 34.6 Å². The fourth-order valence-corrected chi connectivity index (χ4v) is 2.79. The summed E-state index contributed by atoms with van der Waals surface area (Å²) in [5, 5.41) is 4.39. The average molecular weight is 356 g/mol. The van der Waals surface area contributed by atoms with Crippen LogP contribution in [0.5, 0.6) is 0 Å². The Morgan fingerprint density at radius 1 is 1.38 bits per heavy atom.